The topological polar surface area (TPSA) is 58.0 Å². The maximum absolute atomic E-state index is 12.4. The lowest BCUT2D eigenvalue weighted by Gasteiger charge is -2.26. The van der Waals surface area contributed by atoms with E-state index in [9.17, 15) is 9.50 Å². The van der Waals surface area contributed by atoms with Gasteiger partial charge in [0.05, 0.1) is 11.8 Å². The van der Waals surface area contributed by atoms with Crippen LogP contribution in [0.5, 0.6) is 0 Å². The largest absolute Gasteiger partial charge is 0.393 e. The van der Waals surface area contributed by atoms with E-state index in [1.54, 1.807) is 6.07 Å². The van der Waals surface area contributed by atoms with Gasteiger partial charge in [-0.2, -0.15) is 0 Å². The minimum Gasteiger partial charge on any atom is -0.393 e. The van der Waals surface area contributed by atoms with Crippen LogP contribution in [0.25, 0.3) is 0 Å². The first-order valence-corrected chi connectivity index (χ1v) is 5.59. The van der Waals surface area contributed by atoms with Crippen molar-refractivity contribution in [1.29, 1.82) is 0 Å². The first kappa shape index (κ1) is 11.3. The van der Waals surface area contributed by atoms with Gasteiger partial charge in [0, 0.05) is 12.1 Å². The van der Waals surface area contributed by atoms with Gasteiger partial charge in [0.15, 0.2) is 0 Å². The number of aliphatic hydroxyl groups is 1. The molecular formula is C11H16FN3O. The third-order valence-electron chi connectivity index (χ3n) is 2.91. The summed E-state index contributed by atoms with van der Waals surface area (Å²) < 4.78 is 12.4. The van der Waals surface area contributed by atoms with Crippen LogP contribution in [0, 0.1) is 0 Å². The lowest BCUT2D eigenvalue weighted by atomic mass is 9.93. The summed E-state index contributed by atoms with van der Waals surface area (Å²) in [6, 6.07) is 1.95. The fourth-order valence-electron chi connectivity index (χ4n) is 1.98. The van der Waals surface area contributed by atoms with Gasteiger partial charge in [-0.05, 0) is 25.7 Å². The van der Waals surface area contributed by atoms with Crippen LogP contribution in [0.3, 0.4) is 0 Å². The summed E-state index contributed by atoms with van der Waals surface area (Å²) in [6.07, 6.45) is 4.70. The molecule has 1 aliphatic rings. The maximum Gasteiger partial charge on any atom is 0.132 e. The Bertz CT molecular complexity index is 340. The van der Waals surface area contributed by atoms with E-state index in [0.29, 0.717) is 17.6 Å². The number of aliphatic hydroxyl groups excluding tert-OH is 1. The van der Waals surface area contributed by atoms with Gasteiger partial charge in [-0.15, -0.1) is 0 Å². The number of hydrogen-bond donors (Lipinski definition) is 2. The minimum absolute atomic E-state index is 0.162. The van der Waals surface area contributed by atoms with E-state index in [0.717, 1.165) is 25.7 Å². The molecule has 2 N–H and O–H groups in total. The van der Waals surface area contributed by atoms with Crippen molar-refractivity contribution in [3.63, 3.8) is 0 Å². The zero-order chi connectivity index (χ0) is 11.4. The fraction of sp³-hybridized carbons (Fsp3) is 0.636. The lowest BCUT2D eigenvalue weighted by Crippen LogP contribution is -2.28. The standard InChI is InChI=1S/C11H16FN3O/c12-6-9-5-11(14-7-13-9)15-8-1-3-10(16)4-2-8/h5,7-8,10,16H,1-4,6H2,(H,13,14,15). The minimum atomic E-state index is -0.569. The third kappa shape index (κ3) is 2.88. The second-order valence-electron chi connectivity index (χ2n) is 4.18. The smallest absolute Gasteiger partial charge is 0.132 e. The number of hydrogen-bond acceptors (Lipinski definition) is 4. The van der Waals surface area contributed by atoms with Gasteiger partial charge in [-0.3, -0.25) is 0 Å². The molecule has 0 radical (unpaired) electrons. The zero-order valence-electron chi connectivity index (χ0n) is 9.06. The van der Waals surface area contributed by atoms with Crippen LogP contribution in [0.15, 0.2) is 12.4 Å². The van der Waals surface area contributed by atoms with E-state index in [-0.39, 0.29) is 6.10 Å². The number of halogens is 1. The van der Waals surface area contributed by atoms with Gasteiger partial charge in [0.25, 0.3) is 0 Å². The van der Waals surface area contributed by atoms with Crippen LogP contribution in [0.2, 0.25) is 0 Å². The predicted molar refractivity (Wildman–Crippen MR) is 58.7 cm³/mol. The Kier molecular flexibility index (Phi) is 3.66. The van der Waals surface area contributed by atoms with E-state index in [4.69, 9.17) is 0 Å². The molecule has 1 saturated carbocycles. The molecule has 1 aromatic heterocycles. The highest BCUT2D eigenvalue weighted by molar-refractivity contribution is 5.35. The van der Waals surface area contributed by atoms with E-state index in [1.807, 2.05) is 0 Å². The molecule has 0 atom stereocenters. The summed E-state index contributed by atoms with van der Waals surface area (Å²) in [5, 5.41) is 12.6. The fourth-order valence-corrected chi connectivity index (χ4v) is 1.98. The van der Waals surface area contributed by atoms with Crippen molar-refractivity contribution in [2.24, 2.45) is 0 Å². The number of rotatable bonds is 3. The predicted octanol–water partition coefficient (Wildman–Crippen LogP) is 1.66. The molecule has 2 rings (SSSR count). The SMILES string of the molecule is OC1CCC(Nc2cc(CF)ncn2)CC1. The number of nitrogens with one attached hydrogen (secondary N) is 1. The quantitative estimate of drug-likeness (QED) is 0.821. The molecule has 1 heterocycles. The van der Waals surface area contributed by atoms with Gasteiger partial charge >= 0.3 is 0 Å². The maximum atomic E-state index is 12.4. The first-order chi connectivity index (χ1) is 7.78. The molecule has 0 saturated heterocycles. The van der Waals surface area contributed by atoms with Crippen molar-refractivity contribution in [1.82, 2.24) is 9.97 Å². The zero-order valence-corrected chi connectivity index (χ0v) is 9.06. The lowest BCUT2D eigenvalue weighted by molar-refractivity contribution is 0.126. The molecule has 0 amide bonds. The summed E-state index contributed by atoms with van der Waals surface area (Å²) in [7, 11) is 0. The summed E-state index contributed by atoms with van der Waals surface area (Å²) in [6.45, 7) is -0.569. The summed E-state index contributed by atoms with van der Waals surface area (Å²) >= 11 is 0. The van der Waals surface area contributed by atoms with E-state index in [2.05, 4.69) is 15.3 Å². The molecule has 1 fully saturated rings. The molecule has 0 unspecified atom stereocenters. The van der Waals surface area contributed by atoms with Gasteiger partial charge < -0.3 is 10.4 Å². The molecule has 0 aliphatic heterocycles. The van der Waals surface area contributed by atoms with Gasteiger partial charge in [-0.25, -0.2) is 14.4 Å². The van der Waals surface area contributed by atoms with Gasteiger partial charge in [0.1, 0.15) is 18.8 Å². The van der Waals surface area contributed by atoms with Gasteiger partial charge in [-0.1, -0.05) is 0 Å². The van der Waals surface area contributed by atoms with Crippen LogP contribution in [0.4, 0.5) is 10.2 Å². The van der Waals surface area contributed by atoms with Crippen molar-refractivity contribution in [2.45, 2.75) is 44.5 Å². The molecule has 88 valence electrons. The molecule has 16 heavy (non-hydrogen) atoms. The Morgan fingerprint density at radius 2 is 2.06 bits per heavy atom. The highest BCUT2D eigenvalue weighted by Crippen LogP contribution is 2.21. The normalized spacial score (nSPS) is 25.4. The number of nitrogens with zero attached hydrogens (tertiary/aromatic N) is 2. The molecule has 5 heteroatoms. The highest BCUT2D eigenvalue weighted by atomic mass is 19.1. The summed E-state index contributed by atoms with van der Waals surface area (Å²) in [5.74, 6) is 0.670. The molecule has 4 nitrogen and oxygen atoms in total. The summed E-state index contributed by atoms with van der Waals surface area (Å²) in [5.41, 5.74) is 0.397. The molecule has 1 aliphatic carbocycles. The molecule has 1 aromatic rings. The van der Waals surface area contributed by atoms with E-state index >= 15 is 0 Å². The number of aromatic nitrogens is 2. The number of anilines is 1. The highest BCUT2D eigenvalue weighted by Gasteiger charge is 2.19. The Labute approximate surface area is 93.9 Å². The Morgan fingerprint density at radius 1 is 1.31 bits per heavy atom. The van der Waals surface area contributed by atoms with Crippen LogP contribution in [-0.4, -0.2) is 27.2 Å². The number of alkyl halides is 1. The monoisotopic (exact) mass is 225 g/mol. The van der Waals surface area contributed by atoms with Crippen LogP contribution in [-0.2, 0) is 6.67 Å². The first-order valence-electron chi connectivity index (χ1n) is 5.59. The Morgan fingerprint density at radius 3 is 2.75 bits per heavy atom. The van der Waals surface area contributed by atoms with Crippen molar-refractivity contribution in [3.05, 3.63) is 18.1 Å². The Hall–Kier alpha value is -1.23. The molecule has 0 aromatic carbocycles. The van der Waals surface area contributed by atoms with Crippen molar-refractivity contribution in [2.75, 3.05) is 5.32 Å². The van der Waals surface area contributed by atoms with Crippen LogP contribution >= 0.6 is 0 Å². The van der Waals surface area contributed by atoms with Crippen molar-refractivity contribution < 1.29 is 9.50 Å². The van der Waals surface area contributed by atoms with Gasteiger partial charge in [0.2, 0.25) is 0 Å². The average Bonchev–Trinajstić information content (AvgIpc) is 2.32. The van der Waals surface area contributed by atoms with Crippen molar-refractivity contribution in [3.8, 4) is 0 Å². The summed E-state index contributed by atoms with van der Waals surface area (Å²) in [4.78, 5) is 7.85. The third-order valence-corrected chi connectivity index (χ3v) is 2.91. The second kappa shape index (κ2) is 5.21. The second-order valence-corrected chi connectivity index (χ2v) is 4.18. The molecular weight excluding hydrogens is 209 g/mol. The van der Waals surface area contributed by atoms with Crippen molar-refractivity contribution >= 4 is 5.82 Å². The Balaban J connectivity index is 1.93. The molecule has 0 spiro atoms. The van der Waals surface area contributed by atoms with Crippen LogP contribution in [0.1, 0.15) is 31.4 Å². The van der Waals surface area contributed by atoms with Crippen LogP contribution < -0.4 is 5.32 Å². The van der Waals surface area contributed by atoms with E-state index in [1.165, 1.54) is 6.33 Å². The van der Waals surface area contributed by atoms with E-state index < -0.39 is 6.67 Å². The molecule has 0 bridgehead atoms. The average molecular weight is 225 g/mol.